The van der Waals surface area contributed by atoms with Gasteiger partial charge in [0.2, 0.25) is 11.8 Å². The molecule has 1 atom stereocenters. The monoisotopic (exact) mass is 387 g/mol. The summed E-state index contributed by atoms with van der Waals surface area (Å²) in [5, 5.41) is 6.24. The molecular formula is C19H18ClN3O4. The Balaban J connectivity index is 1.83. The van der Waals surface area contributed by atoms with Gasteiger partial charge in [-0.2, -0.15) is 0 Å². The zero-order valence-corrected chi connectivity index (χ0v) is 15.5. The van der Waals surface area contributed by atoms with Crippen LogP contribution >= 0.6 is 11.6 Å². The lowest BCUT2D eigenvalue weighted by atomic mass is 10.2. The van der Waals surface area contributed by atoms with Gasteiger partial charge in [-0.25, -0.2) is 4.90 Å². The van der Waals surface area contributed by atoms with Crippen LogP contribution in [0.15, 0.2) is 42.5 Å². The molecular weight excluding hydrogens is 370 g/mol. The molecule has 0 unspecified atom stereocenters. The number of nitrogens with zero attached hydrogens (tertiary/aromatic N) is 1. The van der Waals surface area contributed by atoms with Crippen molar-refractivity contribution in [2.24, 2.45) is 0 Å². The first-order valence-electron chi connectivity index (χ1n) is 8.23. The fraction of sp³-hybridized carbons (Fsp3) is 0.211. The minimum Gasteiger partial charge on any atom is -0.495 e. The number of nitrogens with one attached hydrogen (secondary N) is 2. The van der Waals surface area contributed by atoms with E-state index in [4.69, 9.17) is 16.3 Å². The first kappa shape index (κ1) is 18.7. The van der Waals surface area contributed by atoms with Crippen LogP contribution in [0.25, 0.3) is 0 Å². The van der Waals surface area contributed by atoms with Crippen molar-refractivity contribution in [3.8, 4) is 5.75 Å². The number of carbonyl (C=O) groups excluding carboxylic acids is 3. The Kier molecular flexibility index (Phi) is 5.32. The third-order valence-corrected chi connectivity index (χ3v) is 4.33. The molecule has 7 nitrogen and oxygen atoms in total. The summed E-state index contributed by atoms with van der Waals surface area (Å²) in [6.07, 6.45) is 0.00891. The van der Waals surface area contributed by atoms with E-state index in [2.05, 4.69) is 10.6 Å². The summed E-state index contributed by atoms with van der Waals surface area (Å²) in [5.74, 6) is -0.396. The van der Waals surface area contributed by atoms with Crippen molar-refractivity contribution in [2.75, 3.05) is 22.6 Å². The quantitative estimate of drug-likeness (QED) is 0.770. The number of carbonyl (C=O) groups is 3. The molecule has 2 N–H and O–H groups in total. The van der Waals surface area contributed by atoms with Gasteiger partial charge in [-0.3, -0.25) is 14.4 Å². The van der Waals surface area contributed by atoms with Gasteiger partial charge in [0, 0.05) is 17.6 Å². The smallest absolute Gasteiger partial charge is 0.256 e. The van der Waals surface area contributed by atoms with E-state index < -0.39 is 6.04 Å². The molecule has 0 aromatic heterocycles. The van der Waals surface area contributed by atoms with Crippen molar-refractivity contribution >= 4 is 46.4 Å². The van der Waals surface area contributed by atoms with E-state index in [1.807, 2.05) is 0 Å². The van der Waals surface area contributed by atoms with Crippen molar-refractivity contribution < 1.29 is 19.1 Å². The number of rotatable bonds is 5. The first-order chi connectivity index (χ1) is 12.9. The molecule has 0 aliphatic carbocycles. The van der Waals surface area contributed by atoms with E-state index in [1.165, 1.54) is 14.0 Å². The molecule has 0 saturated carbocycles. The van der Waals surface area contributed by atoms with Crippen LogP contribution in [-0.2, 0) is 14.4 Å². The highest BCUT2D eigenvalue weighted by Crippen LogP contribution is 2.31. The molecule has 8 heteroatoms. The maximum Gasteiger partial charge on any atom is 0.256 e. The van der Waals surface area contributed by atoms with Crippen LogP contribution in [0, 0.1) is 0 Å². The number of anilines is 3. The molecule has 1 fully saturated rings. The summed E-state index contributed by atoms with van der Waals surface area (Å²) in [4.78, 5) is 37.6. The van der Waals surface area contributed by atoms with Gasteiger partial charge in [-0.05, 0) is 42.5 Å². The average Bonchev–Trinajstić information content (AvgIpc) is 2.89. The zero-order valence-electron chi connectivity index (χ0n) is 14.8. The van der Waals surface area contributed by atoms with Crippen molar-refractivity contribution in [1.82, 2.24) is 0 Å². The summed E-state index contributed by atoms with van der Waals surface area (Å²) >= 11 is 5.87. The summed E-state index contributed by atoms with van der Waals surface area (Å²) < 4.78 is 5.30. The summed E-state index contributed by atoms with van der Waals surface area (Å²) in [6.45, 7) is 1.40. The fourth-order valence-electron chi connectivity index (χ4n) is 2.90. The Hall–Kier alpha value is -3.06. The second-order valence-corrected chi connectivity index (χ2v) is 6.48. The van der Waals surface area contributed by atoms with Crippen molar-refractivity contribution in [3.63, 3.8) is 0 Å². The van der Waals surface area contributed by atoms with E-state index in [9.17, 15) is 14.4 Å². The highest BCUT2D eigenvalue weighted by molar-refractivity contribution is 6.31. The maximum atomic E-state index is 12.8. The van der Waals surface area contributed by atoms with Gasteiger partial charge in [0.25, 0.3) is 5.91 Å². The third-order valence-electron chi connectivity index (χ3n) is 4.08. The van der Waals surface area contributed by atoms with Gasteiger partial charge in [0.1, 0.15) is 11.8 Å². The normalized spacial score (nSPS) is 16.4. The Bertz CT molecular complexity index is 898. The standard InChI is InChI=1S/C19H18ClN3O4/c1-11(24)21-13-5-8-17(27-2)15(9-13)22-16-10-18(25)23(19(16)26)14-6-3-12(20)4-7-14/h3-9,16,22H,10H2,1-2H3,(H,21,24)/t16-/m1/s1. The number of hydrogen-bond acceptors (Lipinski definition) is 5. The van der Waals surface area contributed by atoms with E-state index in [0.29, 0.717) is 27.8 Å². The van der Waals surface area contributed by atoms with Gasteiger partial charge >= 0.3 is 0 Å². The minimum atomic E-state index is -0.741. The van der Waals surface area contributed by atoms with Crippen molar-refractivity contribution in [3.05, 3.63) is 47.5 Å². The predicted molar refractivity (Wildman–Crippen MR) is 103 cm³/mol. The lowest BCUT2D eigenvalue weighted by Gasteiger charge is -2.18. The van der Waals surface area contributed by atoms with Crippen molar-refractivity contribution in [1.29, 1.82) is 0 Å². The van der Waals surface area contributed by atoms with E-state index in [-0.39, 0.29) is 24.1 Å². The predicted octanol–water partition coefficient (Wildman–Crippen LogP) is 3.05. The number of benzene rings is 2. The topological polar surface area (TPSA) is 87.7 Å². The number of hydrogen-bond donors (Lipinski definition) is 2. The zero-order chi connectivity index (χ0) is 19.6. The number of halogens is 1. The van der Waals surface area contributed by atoms with Gasteiger partial charge in [0.15, 0.2) is 0 Å². The lowest BCUT2D eigenvalue weighted by molar-refractivity contribution is -0.121. The Labute approximate surface area is 161 Å². The van der Waals surface area contributed by atoms with Crippen LogP contribution in [0.3, 0.4) is 0 Å². The van der Waals surface area contributed by atoms with Gasteiger partial charge in [-0.15, -0.1) is 0 Å². The SMILES string of the molecule is COc1ccc(NC(C)=O)cc1N[C@@H]1CC(=O)N(c2ccc(Cl)cc2)C1=O. The van der Waals surface area contributed by atoms with E-state index in [0.717, 1.165) is 4.90 Å². The van der Waals surface area contributed by atoms with Gasteiger partial charge in [-0.1, -0.05) is 11.6 Å². The second-order valence-electron chi connectivity index (χ2n) is 6.04. The number of amides is 3. The first-order valence-corrected chi connectivity index (χ1v) is 8.61. The van der Waals surface area contributed by atoms with Crippen molar-refractivity contribution in [2.45, 2.75) is 19.4 Å². The summed E-state index contributed by atoms with van der Waals surface area (Å²) in [6, 6.07) is 10.8. The number of methoxy groups -OCH3 is 1. The molecule has 2 aromatic rings. The highest BCUT2D eigenvalue weighted by atomic mass is 35.5. The summed E-state index contributed by atoms with van der Waals surface area (Å²) in [7, 11) is 1.50. The maximum absolute atomic E-state index is 12.8. The van der Waals surface area contributed by atoms with E-state index >= 15 is 0 Å². The second kappa shape index (κ2) is 7.67. The molecule has 1 saturated heterocycles. The molecule has 27 heavy (non-hydrogen) atoms. The number of ether oxygens (including phenoxy) is 1. The van der Waals surface area contributed by atoms with Crippen LogP contribution in [0.5, 0.6) is 5.75 Å². The molecule has 140 valence electrons. The Morgan fingerprint density at radius 3 is 2.52 bits per heavy atom. The van der Waals surface area contributed by atoms with Crippen LogP contribution < -0.4 is 20.3 Å². The van der Waals surface area contributed by atoms with Crippen LogP contribution in [-0.4, -0.2) is 30.9 Å². The molecule has 1 aliphatic heterocycles. The minimum absolute atomic E-state index is 0.00891. The molecule has 1 heterocycles. The molecule has 2 aromatic carbocycles. The number of imide groups is 1. The summed E-state index contributed by atoms with van der Waals surface area (Å²) in [5.41, 5.74) is 1.53. The Morgan fingerprint density at radius 2 is 1.89 bits per heavy atom. The molecule has 1 aliphatic rings. The molecule has 3 rings (SSSR count). The Morgan fingerprint density at radius 1 is 1.19 bits per heavy atom. The van der Waals surface area contributed by atoms with Gasteiger partial charge in [0.05, 0.1) is 24.9 Å². The molecule has 3 amide bonds. The van der Waals surface area contributed by atoms with Crippen LogP contribution in [0.4, 0.5) is 17.1 Å². The molecule has 0 radical (unpaired) electrons. The lowest BCUT2D eigenvalue weighted by Crippen LogP contribution is -2.34. The fourth-order valence-corrected chi connectivity index (χ4v) is 3.02. The highest BCUT2D eigenvalue weighted by Gasteiger charge is 2.39. The van der Waals surface area contributed by atoms with Gasteiger partial charge < -0.3 is 15.4 Å². The van der Waals surface area contributed by atoms with Crippen LogP contribution in [0.1, 0.15) is 13.3 Å². The molecule has 0 spiro atoms. The average molecular weight is 388 g/mol. The molecule has 0 bridgehead atoms. The van der Waals surface area contributed by atoms with Crippen LogP contribution in [0.2, 0.25) is 5.02 Å². The van der Waals surface area contributed by atoms with E-state index in [1.54, 1.807) is 42.5 Å². The third kappa shape index (κ3) is 4.03. The largest absolute Gasteiger partial charge is 0.495 e.